The van der Waals surface area contributed by atoms with E-state index in [0.717, 1.165) is 0 Å². The van der Waals surface area contributed by atoms with Gasteiger partial charge in [0.25, 0.3) is 0 Å². The summed E-state index contributed by atoms with van der Waals surface area (Å²) >= 11 is 0. The number of hydrogen-bond donors (Lipinski definition) is 2. The van der Waals surface area contributed by atoms with Crippen LogP contribution in [0.3, 0.4) is 0 Å². The summed E-state index contributed by atoms with van der Waals surface area (Å²) in [6.07, 6.45) is -0.977. The van der Waals surface area contributed by atoms with Crippen LogP contribution in [0.5, 0.6) is 0 Å². The Kier molecular flexibility index (Phi) is 1.75. The van der Waals surface area contributed by atoms with Gasteiger partial charge >= 0.3 is 6.09 Å². The number of carbonyl (C=O) groups is 2. The first-order valence-electron chi connectivity index (χ1n) is 2.91. The lowest BCUT2D eigenvalue weighted by atomic mass is 10.3. The van der Waals surface area contributed by atoms with Gasteiger partial charge in [-0.2, -0.15) is 0 Å². The highest BCUT2D eigenvalue weighted by atomic mass is 16.6. The molecule has 0 spiro atoms. The highest BCUT2D eigenvalue weighted by Crippen LogP contribution is 2.03. The maximum atomic E-state index is 10.5. The molecule has 0 radical (unpaired) electrons. The van der Waals surface area contributed by atoms with Crippen molar-refractivity contribution in [3.05, 3.63) is 0 Å². The van der Waals surface area contributed by atoms with Crippen molar-refractivity contribution in [2.75, 3.05) is 6.54 Å². The summed E-state index contributed by atoms with van der Waals surface area (Å²) in [6.45, 7) is 0.377. The Morgan fingerprint density at radius 1 is 1.80 bits per heavy atom. The first kappa shape index (κ1) is 6.85. The third-order valence-electron chi connectivity index (χ3n) is 1.22. The molecule has 0 aliphatic carbocycles. The third-order valence-corrected chi connectivity index (χ3v) is 1.22. The van der Waals surface area contributed by atoms with Crippen molar-refractivity contribution < 1.29 is 14.3 Å². The van der Waals surface area contributed by atoms with E-state index in [2.05, 4.69) is 10.1 Å². The highest BCUT2D eigenvalue weighted by Gasteiger charge is 2.23. The average molecular weight is 144 g/mol. The second kappa shape index (κ2) is 2.55. The molecule has 1 aliphatic heterocycles. The molecule has 1 heterocycles. The molecule has 5 heteroatoms. The summed E-state index contributed by atoms with van der Waals surface area (Å²) < 4.78 is 4.54. The van der Waals surface area contributed by atoms with Gasteiger partial charge in [0.15, 0.2) is 0 Å². The topological polar surface area (TPSA) is 81.4 Å². The SMILES string of the molecule is NC(=O)OC1CNC(=O)C1. The first-order chi connectivity index (χ1) is 4.68. The molecule has 5 nitrogen and oxygen atoms in total. The van der Waals surface area contributed by atoms with Crippen LogP contribution < -0.4 is 11.1 Å². The van der Waals surface area contributed by atoms with Gasteiger partial charge in [0.2, 0.25) is 5.91 Å². The number of rotatable bonds is 1. The zero-order chi connectivity index (χ0) is 7.56. The van der Waals surface area contributed by atoms with Gasteiger partial charge < -0.3 is 15.8 Å². The van der Waals surface area contributed by atoms with E-state index in [1.165, 1.54) is 0 Å². The van der Waals surface area contributed by atoms with Gasteiger partial charge in [-0.1, -0.05) is 0 Å². The van der Waals surface area contributed by atoms with E-state index < -0.39 is 6.09 Å². The van der Waals surface area contributed by atoms with Crippen LogP contribution in [0, 0.1) is 0 Å². The fourth-order valence-electron chi connectivity index (χ4n) is 0.826. The smallest absolute Gasteiger partial charge is 0.404 e. The maximum absolute atomic E-state index is 10.5. The van der Waals surface area contributed by atoms with Crippen molar-refractivity contribution in [3.8, 4) is 0 Å². The van der Waals surface area contributed by atoms with Crippen molar-refractivity contribution in [3.63, 3.8) is 0 Å². The van der Waals surface area contributed by atoms with Gasteiger partial charge in [-0.15, -0.1) is 0 Å². The monoisotopic (exact) mass is 144 g/mol. The standard InChI is InChI=1S/C5H8N2O3/c6-5(9)10-3-1-4(8)7-2-3/h3H,1-2H2,(H2,6,9)(H,7,8). The van der Waals surface area contributed by atoms with Crippen molar-refractivity contribution in [1.82, 2.24) is 5.32 Å². The summed E-state index contributed by atoms with van der Waals surface area (Å²) in [5.74, 6) is -0.105. The molecule has 10 heavy (non-hydrogen) atoms. The Bertz CT molecular complexity index is 168. The Hall–Kier alpha value is -1.26. The molecule has 56 valence electrons. The highest BCUT2D eigenvalue weighted by molar-refractivity contribution is 5.79. The van der Waals surface area contributed by atoms with Crippen molar-refractivity contribution in [2.24, 2.45) is 5.73 Å². The number of nitrogens with two attached hydrogens (primary N) is 1. The Morgan fingerprint density at radius 2 is 2.50 bits per heavy atom. The lowest BCUT2D eigenvalue weighted by Gasteiger charge is -2.04. The van der Waals surface area contributed by atoms with E-state index in [9.17, 15) is 9.59 Å². The summed E-state index contributed by atoms with van der Waals surface area (Å²) in [7, 11) is 0. The van der Waals surface area contributed by atoms with Crippen molar-refractivity contribution in [1.29, 1.82) is 0 Å². The van der Waals surface area contributed by atoms with Crippen molar-refractivity contribution >= 4 is 12.0 Å². The minimum Gasteiger partial charge on any atom is -0.444 e. The zero-order valence-electron chi connectivity index (χ0n) is 5.29. The van der Waals surface area contributed by atoms with E-state index in [1.807, 2.05) is 0 Å². The van der Waals surface area contributed by atoms with Crippen LogP contribution in [0.2, 0.25) is 0 Å². The molecular weight excluding hydrogens is 136 g/mol. The molecule has 1 unspecified atom stereocenters. The van der Waals surface area contributed by atoms with Crippen LogP contribution in [0.4, 0.5) is 4.79 Å². The third kappa shape index (κ3) is 1.61. The normalized spacial score (nSPS) is 24.0. The molecule has 1 saturated heterocycles. The lowest BCUT2D eigenvalue weighted by molar-refractivity contribution is -0.119. The van der Waals surface area contributed by atoms with Crippen molar-refractivity contribution in [2.45, 2.75) is 12.5 Å². The Morgan fingerprint density at radius 3 is 2.90 bits per heavy atom. The molecule has 0 saturated carbocycles. The molecule has 3 N–H and O–H groups in total. The number of hydrogen-bond acceptors (Lipinski definition) is 3. The molecule has 1 rings (SSSR count). The predicted octanol–water partition coefficient (Wildman–Crippen LogP) is -1.03. The maximum Gasteiger partial charge on any atom is 0.404 e. The molecule has 0 aromatic rings. The van der Waals surface area contributed by atoms with E-state index in [1.54, 1.807) is 0 Å². The molecular formula is C5H8N2O3. The van der Waals surface area contributed by atoms with Crippen LogP contribution in [-0.4, -0.2) is 24.6 Å². The van der Waals surface area contributed by atoms with Crippen LogP contribution >= 0.6 is 0 Å². The number of amides is 2. The van der Waals surface area contributed by atoms with Gasteiger partial charge in [0.05, 0.1) is 13.0 Å². The molecule has 0 aromatic carbocycles. The molecule has 1 fully saturated rings. The van der Waals surface area contributed by atoms with Gasteiger partial charge in [-0.25, -0.2) is 4.79 Å². The van der Waals surface area contributed by atoms with Crippen LogP contribution in [0.15, 0.2) is 0 Å². The van der Waals surface area contributed by atoms with Gasteiger partial charge in [-0.3, -0.25) is 4.79 Å². The van der Waals surface area contributed by atoms with Crippen LogP contribution in [-0.2, 0) is 9.53 Å². The minimum atomic E-state index is -0.832. The predicted molar refractivity (Wildman–Crippen MR) is 32.1 cm³/mol. The van der Waals surface area contributed by atoms with Crippen LogP contribution in [0.25, 0.3) is 0 Å². The molecule has 2 amide bonds. The summed E-state index contributed by atoms with van der Waals surface area (Å²) in [5, 5.41) is 2.50. The summed E-state index contributed by atoms with van der Waals surface area (Å²) in [5.41, 5.74) is 4.72. The number of carbonyl (C=O) groups excluding carboxylic acids is 2. The summed E-state index contributed by atoms with van der Waals surface area (Å²) in [6, 6.07) is 0. The van der Waals surface area contributed by atoms with E-state index in [0.29, 0.717) is 6.54 Å². The van der Waals surface area contributed by atoms with Gasteiger partial charge in [-0.05, 0) is 0 Å². The fraction of sp³-hybridized carbons (Fsp3) is 0.600. The molecule has 0 bridgehead atoms. The number of nitrogens with one attached hydrogen (secondary N) is 1. The zero-order valence-corrected chi connectivity index (χ0v) is 5.29. The fourth-order valence-corrected chi connectivity index (χ4v) is 0.826. The first-order valence-corrected chi connectivity index (χ1v) is 2.91. The Balaban J connectivity index is 2.31. The second-order valence-electron chi connectivity index (χ2n) is 2.07. The minimum absolute atomic E-state index is 0.105. The van der Waals surface area contributed by atoms with Gasteiger partial charge in [0, 0.05) is 0 Å². The lowest BCUT2D eigenvalue weighted by Crippen LogP contribution is -2.24. The quantitative estimate of drug-likeness (QED) is 0.493. The Labute approximate surface area is 57.5 Å². The summed E-state index contributed by atoms with van der Waals surface area (Å²) in [4.78, 5) is 20.6. The molecule has 1 atom stereocenters. The number of primary amides is 1. The van der Waals surface area contributed by atoms with E-state index >= 15 is 0 Å². The van der Waals surface area contributed by atoms with E-state index in [4.69, 9.17) is 5.73 Å². The number of ether oxygens (including phenoxy) is 1. The molecule has 0 aromatic heterocycles. The second-order valence-corrected chi connectivity index (χ2v) is 2.07. The van der Waals surface area contributed by atoms with E-state index in [-0.39, 0.29) is 18.4 Å². The largest absolute Gasteiger partial charge is 0.444 e. The average Bonchev–Trinajstić information content (AvgIpc) is 2.13. The van der Waals surface area contributed by atoms with Crippen LogP contribution in [0.1, 0.15) is 6.42 Å². The van der Waals surface area contributed by atoms with Gasteiger partial charge in [0.1, 0.15) is 6.10 Å². The molecule has 1 aliphatic rings.